The number of rotatable bonds is 6. The van der Waals surface area contributed by atoms with E-state index in [1.54, 1.807) is 0 Å². The molecular weight excluding hydrogens is 220 g/mol. The summed E-state index contributed by atoms with van der Waals surface area (Å²) in [5, 5.41) is 9.27. The summed E-state index contributed by atoms with van der Waals surface area (Å²) >= 11 is 0. The molecule has 1 saturated carbocycles. The van der Waals surface area contributed by atoms with Gasteiger partial charge in [0.1, 0.15) is 5.54 Å². The number of carboxylic acids is 1. The first-order valence-electron chi connectivity index (χ1n) is 6.35. The molecule has 0 aromatic carbocycles. The Morgan fingerprint density at radius 3 is 2.71 bits per heavy atom. The Bertz CT molecular complexity index is 287. The maximum absolute atomic E-state index is 11.3. The quantitative estimate of drug-likeness (QED) is 0.700. The first-order chi connectivity index (χ1) is 8.02. The number of hydrogen-bond donors (Lipinski definition) is 2. The Morgan fingerprint density at radius 2 is 2.24 bits per heavy atom. The molecule has 0 radical (unpaired) electrons. The minimum Gasteiger partial charge on any atom is -0.480 e. The Morgan fingerprint density at radius 1 is 1.53 bits per heavy atom. The highest BCUT2D eigenvalue weighted by molar-refractivity contribution is 5.79. The minimum atomic E-state index is -1.08. The summed E-state index contributed by atoms with van der Waals surface area (Å²) in [6.45, 7) is 2.01. The highest BCUT2D eigenvalue weighted by atomic mass is 16.5. The van der Waals surface area contributed by atoms with E-state index in [1.165, 1.54) is 0 Å². The van der Waals surface area contributed by atoms with Crippen LogP contribution in [0.2, 0.25) is 0 Å². The molecule has 2 unspecified atom stereocenters. The van der Waals surface area contributed by atoms with Crippen molar-refractivity contribution >= 4 is 5.97 Å². The predicted octanol–water partition coefficient (Wildman–Crippen LogP) is 0.289. The smallest absolute Gasteiger partial charge is 0.325 e. The molecule has 0 bridgehead atoms. The zero-order chi connectivity index (χ0) is 12.5. The van der Waals surface area contributed by atoms with Gasteiger partial charge in [0.05, 0.1) is 6.10 Å². The van der Waals surface area contributed by atoms with Crippen molar-refractivity contribution in [3.63, 3.8) is 0 Å². The molecule has 2 rings (SSSR count). The third kappa shape index (κ3) is 2.97. The minimum absolute atomic E-state index is 0.145. The third-order valence-corrected chi connectivity index (χ3v) is 3.77. The molecule has 98 valence electrons. The van der Waals surface area contributed by atoms with E-state index in [9.17, 15) is 9.90 Å². The Hall–Kier alpha value is -0.650. The van der Waals surface area contributed by atoms with E-state index in [-0.39, 0.29) is 12.0 Å². The van der Waals surface area contributed by atoms with Crippen molar-refractivity contribution < 1.29 is 14.6 Å². The maximum Gasteiger partial charge on any atom is 0.325 e. The van der Waals surface area contributed by atoms with Crippen LogP contribution in [0.1, 0.15) is 25.7 Å². The maximum atomic E-state index is 11.3. The van der Waals surface area contributed by atoms with E-state index in [4.69, 9.17) is 10.5 Å². The molecule has 1 aliphatic heterocycles. The largest absolute Gasteiger partial charge is 0.480 e. The summed E-state index contributed by atoms with van der Waals surface area (Å²) in [6, 6.07) is 0. The third-order valence-electron chi connectivity index (χ3n) is 3.77. The molecule has 5 nitrogen and oxygen atoms in total. The second kappa shape index (κ2) is 4.92. The van der Waals surface area contributed by atoms with E-state index in [0.29, 0.717) is 6.54 Å². The van der Waals surface area contributed by atoms with Crippen molar-refractivity contribution in [3.05, 3.63) is 0 Å². The van der Waals surface area contributed by atoms with Gasteiger partial charge in [-0.15, -0.1) is 0 Å². The molecule has 0 aromatic rings. The van der Waals surface area contributed by atoms with Gasteiger partial charge in [0.2, 0.25) is 0 Å². The molecule has 1 saturated heterocycles. The summed E-state index contributed by atoms with van der Waals surface area (Å²) in [6.07, 6.45) is 4.30. The molecule has 0 spiro atoms. The Balaban J connectivity index is 1.86. The van der Waals surface area contributed by atoms with Crippen molar-refractivity contribution in [2.75, 3.05) is 26.7 Å². The average molecular weight is 242 g/mol. The van der Waals surface area contributed by atoms with Gasteiger partial charge in [0, 0.05) is 19.7 Å². The molecule has 2 aliphatic rings. The topological polar surface area (TPSA) is 75.8 Å². The van der Waals surface area contributed by atoms with Gasteiger partial charge in [-0.25, -0.2) is 0 Å². The summed E-state index contributed by atoms with van der Waals surface area (Å²) in [5.41, 5.74) is 4.96. The van der Waals surface area contributed by atoms with Crippen LogP contribution in [0.15, 0.2) is 0 Å². The highest BCUT2D eigenvalue weighted by Crippen LogP contribution is 2.38. The summed E-state index contributed by atoms with van der Waals surface area (Å²) in [4.78, 5) is 13.3. The monoisotopic (exact) mass is 242 g/mol. The molecular formula is C12H22N2O3. The molecule has 2 atom stereocenters. The van der Waals surface area contributed by atoms with Crippen molar-refractivity contribution in [1.82, 2.24) is 4.90 Å². The number of aliphatic carboxylic acids is 1. The second-order valence-electron chi connectivity index (χ2n) is 5.45. The average Bonchev–Trinajstić information content (AvgIpc) is 2.99. The first kappa shape index (κ1) is 12.8. The number of ether oxygens (including phenoxy) is 1. The van der Waals surface area contributed by atoms with Crippen molar-refractivity contribution in [1.29, 1.82) is 0 Å². The first-order valence-corrected chi connectivity index (χ1v) is 6.35. The van der Waals surface area contributed by atoms with Crippen LogP contribution >= 0.6 is 0 Å². The standard InChI is InChI=1S/C12H22N2O3/c1-14(7-10-3-2-6-17-10)8-12(13,11(15)16)9-4-5-9/h9-10H,2-8,13H2,1H3,(H,15,16). The lowest BCUT2D eigenvalue weighted by Crippen LogP contribution is -2.58. The van der Waals surface area contributed by atoms with Gasteiger partial charge in [-0.3, -0.25) is 4.79 Å². The van der Waals surface area contributed by atoms with Gasteiger partial charge in [0.25, 0.3) is 0 Å². The van der Waals surface area contributed by atoms with Crippen LogP contribution in [0.5, 0.6) is 0 Å². The highest BCUT2D eigenvalue weighted by Gasteiger charge is 2.48. The van der Waals surface area contributed by atoms with Crippen LogP contribution < -0.4 is 5.73 Å². The van der Waals surface area contributed by atoms with Gasteiger partial charge in [0.15, 0.2) is 0 Å². The van der Waals surface area contributed by atoms with Crippen LogP contribution in [0.4, 0.5) is 0 Å². The van der Waals surface area contributed by atoms with Gasteiger partial charge in [-0.2, -0.15) is 0 Å². The molecule has 1 aliphatic carbocycles. The number of nitrogens with zero attached hydrogens (tertiary/aromatic N) is 1. The van der Waals surface area contributed by atoms with Gasteiger partial charge < -0.3 is 20.5 Å². The van der Waals surface area contributed by atoms with E-state index in [1.807, 2.05) is 11.9 Å². The second-order valence-corrected chi connectivity index (χ2v) is 5.45. The zero-order valence-corrected chi connectivity index (χ0v) is 10.4. The number of likely N-dealkylation sites (N-methyl/N-ethyl adjacent to an activating group) is 1. The predicted molar refractivity (Wildman–Crippen MR) is 63.7 cm³/mol. The van der Waals surface area contributed by atoms with Crippen molar-refractivity contribution in [3.8, 4) is 0 Å². The number of hydrogen-bond acceptors (Lipinski definition) is 4. The van der Waals surface area contributed by atoms with Crippen LogP contribution in [0.25, 0.3) is 0 Å². The number of carbonyl (C=O) groups is 1. The fraction of sp³-hybridized carbons (Fsp3) is 0.917. The van der Waals surface area contributed by atoms with Gasteiger partial charge in [-0.1, -0.05) is 0 Å². The van der Waals surface area contributed by atoms with Crippen molar-refractivity contribution in [2.24, 2.45) is 11.7 Å². The Kier molecular flexibility index (Phi) is 3.70. The molecule has 1 heterocycles. The lowest BCUT2D eigenvalue weighted by molar-refractivity contribution is -0.145. The summed E-state index contributed by atoms with van der Waals surface area (Å²) in [5.74, 6) is -0.730. The van der Waals surface area contributed by atoms with E-state index < -0.39 is 11.5 Å². The van der Waals surface area contributed by atoms with E-state index >= 15 is 0 Å². The van der Waals surface area contributed by atoms with Crippen molar-refractivity contribution in [2.45, 2.75) is 37.3 Å². The number of nitrogens with two attached hydrogens (primary N) is 1. The molecule has 5 heteroatoms. The fourth-order valence-corrected chi connectivity index (χ4v) is 2.62. The number of carboxylic acid groups (broad SMARTS) is 1. The normalized spacial score (nSPS) is 28.3. The Labute approximate surface area is 102 Å². The SMILES string of the molecule is CN(CC1CCCO1)CC(N)(C(=O)O)C1CC1. The van der Waals surface area contributed by atoms with E-state index in [0.717, 1.165) is 38.8 Å². The molecule has 0 amide bonds. The molecule has 17 heavy (non-hydrogen) atoms. The molecule has 3 N–H and O–H groups in total. The lowest BCUT2D eigenvalue weighted by Gasteiger charge is -2.31. The van der Waals surface area contributed by atoms with Crippen LogP contribution in [0.3, 0.4) is 0 Å². The van der Waals surface area contributed by atoms with Crippen LogP contribution in [-0.2, 0) is 9.53 Å². The van der Waals surface area contributed by atoms with Gasteiger partial charge >= 0.3 is 5.97 Å². The van der Waals surface area contributed by atoms with E-state index in [2.05, 4.69) is 0 Å². The lowest BCUT2D eigenvalue weighted by atomic mass is 9.94. The molecule has 2 fully saturated rings. The van der Waals surface area contributed by atoms with Crippen LogP contribution in [-0.4, -0.2) is 54.4 Å². The fourth-order valence-electron chi connectivity index (χ4n) is 2.62. The van der Waals surface area contributed by atoms with Crippen LogP contribution in [0, 0.1) is 5.92 Å². The van der Waals surface area contributed by atoms with Gasteiger partial charge in [-0.05, 0) is 38.6 Å². The summed E-state index contributed by atoms with van der Waals surface area (Å²) < 4.78 is 5.54. The summed E-state index contributed by atoms with van der Waals surface area (Å²) in [7, 11) is 1.93. The molecule has 0 aromatic heterocycles. The zero-order valence-electron chi connectivity index (χ0n) is 10.4.